The van der Waals surface area contributed by atoms with Gasteiger partial charge in [-0.3, -0.25) is 0 Å². The molecule has 0 unspecified atom stereocenters. The molecule has 0 bridgehead atoms. The monoisotopic (exact) mass is 270 g/mol. The second-order valence-corrected chi connectivity index (χ2v) is 4.75. The lowest BCUT2D eigenvalue weighted by molar-refractivity contribution is -0.286. The Hall–Kier alpha value is -1.40. The minimum absolute atomic E-state index is 0.128. The van der Waals surface area contributed by atoms with Gasteiger partial charge in [-0.05, 0) is 18.1 Å². The van der Waals surface area contributed by atoms with Crippen molar-refractivity contribution in [3.63, 3.8) is 0 Å². The van der Waals surface area contributed by atoms with E-state index >= 15 is 0 Å². The van der Waals surface area contributed by atoms with Gasteiger partial charge in [0.15, 0.2) is 11.5 Å². The third-order valence-electron chi connectivity index (χ3n) is 3.42. The number of nitrogens with one attached hydrogen (secondary N) is 1. The molecule has 2 heterocycles. The summed E-state index contributed by atoms with van der Waals surface area (Å²) in [5.41, 5.74) is 0.771. The van der Waals surface area contributed by atoms with E-state index in [9.17, 15) is 8.78 Å². The first-order valence-electron chi connectivity index (χ1n) is 6.45. The fourth-order valence-electron chi connectivity index (χ4n) is 2.44. The third kappa shape index (κ3) is 2.79. The lowest BCUT2D eigenvalue weighted by Crippen LogP contribution is -2.44. The first-order chi connectivity index (χ1) is 9.14. The van der Waals surface area contributed by atoms with Gasteiger partial charge < -0.3 is 19.7 Å². The van der Waals surface area contributed by atoms with Crippen LogP contribution in [0.5, 0.6) is 11.5 Å². The predicted molar refractivity (Wildman–Crippen MR) is 65.7 cm³/mol. The summed E-state index contributed by atoms with van der Waals surface area (Å²) in [5, 5.41) is 3.28. The predicted octanol–water partition coefficient (Wildman–Crippen LogP) is 1.46. The van der Waals surface area contributed by atoms with Crippen LogP contribution in [0, 0.1) is 0 Å². The average molecular weight is 270 g/mol. The third-order valence-corrected chi connectivity index (χ3v) is 3.42. The number of rotatable bonds is 3. The molecule has 1 saturated heterocycles. The van der Waals surface area contributed by atoms with Gasteiger partial charge >= 0.3 is 6.29 Å². The molecule has 0 radical (unpaired) electrons. The van der Waals surface area contributed by atoms with E-state index in [-0.39, 0.29) is 11.5 Å². The van der Waals surface area contributed by atoms with Crippen LogP contribution in [-0.2, 0) is 6.42 Å². The summed E-state index contributed by atoms with van der Waals surface area (Å²) in [7, 11) is 0. The maximum absolute atomic E-state index is 13.0. The number of hydrogen-bond acceptors (Lipinski definition) is 4. The zero-order valence-electron chi connectivity index (χ0n) is 10.5. The second-order valence-electron chi connectivity index (χ2n) is 4.75. The van der Waals surface area contributed by atoms with Crippen molar-refractivity contribution in [3.05, 3.63) is 23.8 Å². The van der Waals surface area contributed by atoms with Crippen LogP contribution >= 0.6 is 0 Å². The van der Waals surface area contributed by atoms with Crippen molar-refractivity contribution in [2.45, 2.75) is 12.7 Å². The Morgan fingerprint density at radius 2 is 2.00 bits per heavy atom. The molecule has 104 valence electrons. The molecule has 19 heavy (non-hydrogen) atoms. The van der Waals surface area contributed by atoms with Crippen LogP contribution in [0.3, 0.4) is 0 Å². The minimum Gasteiger partial charge on any atom is -0.395 e. The molecular weight excluding hydrogens is 254 g/mol. The van der Waals surface area contributed by atoms with Crippen molar-refractivity contribution < 1.29 is 18.3 Å². The molecule has 1 aromatic rings. The Bertz CT molecular complexity index is 462. The highest BCUT2D eigenvalue weighted by molar-refractivity contribution is 5.48. The molecule has 4 nitrogen and oxygen atoms in total. The number of halogens is 2. The molecule has 6 heteroatoms. The quantitative estimate of drug-likeness (QED) is 0.901. The minimum atomic E-state index is -3.53. The van der Waals surface area contributed by atoms with Crippen molar-refractivity contribution >= 4 is 0 Å². The number of para-hydroxylation sites is 1. The fourth-order valence-corrected chi connectivity index (χ4v) is 2.44. The SMILES string of the molecule is FC1(F)Oc2cccc(CCN3CCNCC3)c2O1. The van der Waals surface area contributed by atoms with Crippen LogP contribution in [0.4, 0.5) is 8.78 Å². The van der Waals surface area contributed by atoms with Gasteiger partial charge in [-0.15, -0.1) is 8.78 Å². The maximum atomic E-state index is 13.0. The van der Waals surface area contributed by atoms with E-state index in [2.05, 4.69) is 19.7 Å². The molecule has 1 fully saturated rings. The van der Waals surface area contributed by atoms with Gasteiger partial charge in [0.1, 0.15) is 0 Å². The van der Waals surface area contributed by atoms with E-state index in [4.69, 9.17) is 0 Å². The topological polar surface area (TPSA) is 33.7 Å². The Kier molecular flexibility index (Phi) is 3.28. The first kappa shape index (κ1) is 12.6. The van der Waals surface area contributed by atoms with Crippen LogP contribution in [0.2, 0.25) is 0 Å². The van der Waals surface area contributed by atoms with Crippen molar-refractivity contribution in [1.82, 2.24) is 10.2 Å². The van der Waals surface area contributed by atoms with Gasteiger partial charge in [-0.2, -0.15) is 0 Å². The highest BCUT2D eigenvalue weighted by Gasteiger charge is 2.44. The normalized spacial score (nSPS) is 21.6. The number of benzene rings is 1. The van der Waals surface area contributed by atoms with Crippen LogP contribution in [-0.4, -0.2) is 43.9 Å². The summed E-state index contributed by atoms with van der Waals surface area (Å²) in [5.74, 6) is 0.311. The summed E-state index contributed by atoms with van der Waals surface area (Å²) in [6.07, 6.45) is -2.85. The van der Waals surface area contributed by atoms with Gasteiger partial charge in [0.25, 0.3) is 0 Å². The Morgan fingerprint density at radius 1 is 1.21 bits per heavy atom. The largest absolute Gasteiger partial charge is 0.586 e. The molecular formula is C13H16F2N2O2. The van der Waals surface area contributed by atoms with Gasteiger partial charge in [0.05, 0.1) is 0 Å². The molecule has 3 rings (SSSR count). The van der Waals surface area contributed by atoms with Crippen molar-refractivity contribution in [2.24, 2.45) is 0 Å². The first-order valence-corrected chi connectivity index (χ1v) is 6.45. The maximum Gasteiger partial charge on any atom is 0.586 e. The van der Waals surface area contributed by atoms with Crippen LogP contribution in [0.1, 0.15) is 5.56 Å². The van der Waals surface area contributed by atoms with E-state index < -0.39 is 6.29 Å². The number of piperazine rings is 1. The average Bonchev–Trinajstić information content (AvgIpc) is 2.72. The highest BCUT2D eigenvalue weighted by Crippen LogP contribution is 2.43. The second kappa shape index (κ2) is 4.94. The van der Waals surface area contributed by atoms with Gasteiger partial charge in [-0.1, -0.05) is 12.1 Å². The summed E-state index contributed by atoms with van der Waals surface area (Å²) < 4.78 is 35.1. The van der Waals surface area contributed by atoms with Crippen LogP contribution in [0.25, 0.3) is 0 Å². The lowest BCUT2D eigenvalue weighted by atomic mass is 10.1. The summed E-state index contributed by atoms with van der Waals surface area (Å²) in [4.78, 5) is 2.31. The lowest BCUT2D eigenvalue weighted by Gasteiger charge is -2.27. The van der Waals surface area contributed by atoms with Gasteiger partial charge in [0, 0.05) is 32.7 Å². The highest BCUT2D eigenvalue weighted by atomic mass is 19.3. The van der Waals surface area contributed by atoms with Crippen molar-refractivity contribution in [3.8, 4) is 11.5 Å². The van der Waals surface area contributed by atoms with Gasteiger partial charge in [0.2, 0.25) is 0 Å². The smallest absolute Gasteiger partial charge is 0.395 e. The van der Waals surface area contributed by atoms with Crippen molar-refractivity contribution in [2.75, 3.05) is 32.7 Å². The summed E-state index contributed by atoms with van der Waals surface area (Å²) in [6.45, 7) is 4.77. The molecule has 0 aliphatic carbocycles. The van der Waals surface area contributed by atoms with Crippen LogP contribution in [0.15, 0.2) is 18.2 Å². The number of hydrogen-bond donors (Lipinski definition) is 1. The molecule has 0 amide bonds. The number of ether oxygens (including phenoxy) is 2. The molecule has 2 aliphatic heterocycles. The molecule has 0 saturated carbocycles. The van der Waals surface area contributed by atoms with E-state index in [1.807, 2.05) is 6.07 Å². The fraction of sp³-hybridized carbons (Fsp3) is 0.538. The van der Waals surface area contributed by atoms with E-state index in [1.165, 1.54) is 6.07 Å². The molecule has 0 aromatic heterocycles. The van der Waals surface area contributed by atoms with E-state index in [0.717, 1.165) is 38.3 Å². The standard InChI is InChI=1S/C13H16F2N2O2/c14-13(15)18-11-3-1-2-10(12(11)19-13)4-7-17-8-5-16-6-9-17/h1-3,16H,4-9H2. The number of fused-ring (bicyclic) bond motifs is 1. The zero-order valence-corrected chi connectivity index (χ0v) is 10.5. The van der Waals surface area contributed by atoms with E-state index in [0.29, 0.717) is 6.42 Å². The molecule has 2 aliphatic rings. The summed E-state index contributed by atoms with van der Waals surface area (Å²) in [6, 6.07) is 5.03. The zero-order chi connectivity index (χ0) is 13.3. The molecule has 1 N–H and O–H groups in total. The molecule has 0 spiro atoms. The Morgan fingerprint density at radius 3 is 2.79 bits per heavy atom. The Labute approximate surface area is 110 Å². The molecule has 1 aromatic carbocycles. The number of nitrogens with zero attached hydrogens (tertiary/aromatic N) is 1. The van der Waals surface area contributed by atoms with Crippen LogP contribution < -0.4 is 14.8 Å². The number of alkyl halides is 2. The van der Waals surface area contributed by atoms with Gasteiger partial charge in [-0.25, -0.2) is 0 Å². The summed E-state index contributed by atoms with van der Waals surface area (Å²) >= 11 is 0. The van der Waals surface area contributed by atoms with E-state index in [1.54, 1.807) is 6.07 Å². The molecule has 0 atom stereocenters. The van der Waals surface area contributed by atoms with Crippen molar-refractivity contribution in [1.29, 1.82) is 0 Å². The Balaban J connectivity index is 1.67.